The first-order valence-electron chi connectivity index (χ1n) is 8.30. The van der Waals surface area contributed by atoms with E-state index in [0.717, 1.165) is 19.6 Å². The minimum atomic E-state index is -0.634. The van der Waals surface area contributed by atoms with Gasteiger partial charge in [-0.2, -0.15) is 5.26 Å². The van der Waals surface area contributed by atoms with Crippen molar-refractivity contribution in [1.29, 1.82) is 5.26 Å². The molecule has 7 nitrogen and oxygen atoms in total. The van der Waals surface area contributed by atoms with Crippen LogP contribution in [0.25, 0.3) is 0 Å². The quantitative estimate of drug-likeness (QED) is 0.871. The highest BCUT2D eigenvalue weighted by Gasteiger charge is 2.26. The Morgan fingerprint density at radius 2 is 1.96 bits per heavy atom. The molecule has 1 aromatic carbocycles. The van der Waals surface area contributed by atoms with Gasteiger partial charge in [0.05, 0.1) is 0 Å². The molecule has 1 atom stereocenters. The van der Waals surface area contributed by atoms with Crippen molar-refractivity contribution in [3.63, 3.8) is 0 Å². The van der Waals surface area contributed by atoms with Gasteiger partial charge in [0.15, 0.2) is 0 Å². The van der Waals surface area contributed by atoms with Gasteiger partial charge in [0.2, 0.25) is 0 Å². The smallest absolute Gasteiger partial charge is 0.303 e. The molecule has 1 aromatic heterocycles. The zero-order valence-corrected chi connectivity index (χ0v) is 14.2. The Hall–Kier alpha value is -2.69. The first-order chi connectivity index (χ1) is 12.1. The van der Waals surface area contributed by atoms with Gasteiger partial charge in [-0.15, -0.1) is 0 Å². The highest BCUT2D eigenvalue weighted by atomic mass is 16.2. The summed E-state index contributed by atoms with van der Waals surface area (Å²) in [7, 11) is 2.11. The summed E-state index contributed by atoms with van der Waals surface area (Å²) in [5.41, 5.74) is 0.0954. The Bertz CT molecular complexity index is 881. The molecule has 0 spiro atoms. The first-order valence-corrected chi connectivity index (χ1v) is 8.30. The van der Waals surface area contributed by atoms with Crippen LogP contribution in [0, 0.1) is 11.3 Å². The maximum absolute atomic E-state index is 12.0. The number of hydrogen-bond acceptors (Lipinski definition) is 5. The van der Waals surface area contributed by atoms with Crippen LogP contribution in [0.5, 0.6) is 0 Å². The Morgan fingerprint density at radius 1 is 1.20 bits per heavy atom. The van der Waals surface area contributed by atoms with E-state index >= 15 is 0 Å². The second kappa shape index (κ2) is 7.47. The fraction of sp³-hybridized carbons (Fsp3) is 0.389. The number of rotatable bonds is 4. The summed E-state index contributed by atoms with van der Waals surface area (Å²) in [5, 5.41) is 8.97. The molecule has 1 saturated heterocycles. The van der Waals surface area contributed by atoms with E-state index in [0.29, 0.717) is 13.1 Å². The van der Waals surface area contributed by atoms with Crippen LogP contribution in [-0.2, 0) is 6.54 Å². The van der Waals surface area contributed by atoms with Crippen molar-refractivity contribution in [2.75, 3.05) is 33.2 Å². The fourth-order valence-corrected chi connectivity index (χ4v) is 3.21. The minimum Gasteiger partial charge on any atom is -0.303 e. The highest BCUT2D eigenvalue weighted by Crippen LogP contribution is 2.24. The van der Waals surface area contributed by atoms with Crippen molar-refractivity contribution < 1.29 is 0 Å². The number of nitrogens with one attached hydrogen (secondary N) is 1. The van der Waals surface area contributed by atoms with Crippen molar-refractivity contribution in [3.8, 4) is 6.07 Å². The van der Waals surface area contributed by atoms with E-state index in [9.17, 15) is 9.59 Å². The molecule has 1 fully saturated rings. The van der Waals surface area contributed by atoms with Crippen molar-refractivity contribution in [2.24, 2.45) is 0 Å². The largest absolute Gasteiger partial charge is 0.328 e. The third kappa shape index (κ3) is 3.87. The van der Waals surface area contributed by atoms with Crippen LogP contribution in [0.2, 0.25) is 0 Å². The average Bonchev–Trinajstić information content (AvgIpc) is 2.62. The fourth-order valence-electron chi connectivity index (χ4n) is 3.21. The second-order valence-electron chi connectivity index (χ2n) is 6.33. The summed E-state index contributed by atoms with van der Waals surface area (Å²) in [5.74, 6) is 0. The van der Waals surface area contributed by atoms with Gasteiger partial charge in [0.1, 0.15) is 11.6 Å². The number of likely N-dealkylation sites (N-methyl/N-ethyl adjacent to an activating group) is 1. The first kappa shape index (κ1) is 17.1. The van der Waals surface area contributed by atoms with E-state index in [-0.39, 0.29) is 11.6 Å². The van der Waals surface area contributed by atoms with Gasteiger partial charge in [-0.1, -0.05) is 30.3 Å². The van der Waals surface area contributed by atoms with Crippen LogP contribution in [0.3, 0.4) is 0 Å². The van der Waals surface area contributed by atoms with Gasteiger partial charge < -0.3 is 4.90 Å². The molecule has 0 saturated carbocycles. The van der Waals surface area contributed by atoms with Crippen molar-refractivity contribution in [2.45, 2.75) is 12.6 Å². The zero-order valence-electron chi connectivity index (χ0n) is 14.2. The van der Waals surface area contributed by atoms with Gasteiger partial charge in [-0.25, -0.2) is 4.79 Å². The molecule has 0 amide bonds. The molecule has 0 aliphatic carbocycles. The molecule has 3 rings (SSSR count). The van der Waals surface area contributed by atoms with Gasteiger partial charge in [-0.3, -0.25) is 19.2 Å². The lowest BCUT2D eigenvalue weighted by Crippen LogP contribution is -2.48. The number of benzene rings is 1. The van der Waals surface area contributed by atoms with Crippen LogP contribution < -0.4 is 11.2 Å². The Kier molecular flexibility index (Phi) is 5.12. The number of hydrogen-bond donors (Lipinski definition) is 1. The molecule has 1 N–H and O–H groups in total. The molecular weight excluding hydrogens is 318 g/mol. The molecule has 0 unspecified atom stereocenters. The van der Waals surface area contributed by atoms with E-state index in [2.05, 4.69) is 34.0 Å². The Labute approximate surface area is 145 Å². The van der Waals surface area contributed by atoms with Crippen LogP contribution >= 0.6 is 0 Å². The Balaban J connectivity index is 1.78. The molecule has 0 bridgehead atoms. The second-order valence-corrected chi connectivity index (χ2v) is 6.33. The van der Waals surface area contributed by atoms with Crippen molar-refractivity contribution in [3.05, 3.63) is 68.5 Å². The van der Waals surface area contributed by atoms with E-state index in [1.165, 1.54) is 16.3 Å². The van der Waals surface area contributed by atoms with Gasteiger partial charge >= 0.3 is 5.69 Å². The predicted molar refractivity (Wildman–Crippen MR) is 94.3 cm³/mol. The maximum Gasteiger partial charge on any atom is 0.328 e. The lowest BCUT2D eigenvalue weighted by atomic mass is 10.0. The molecule has 0 radical (unpaired) electrons. The lowest BCUT2D eigenvalue weighted by Gasteiger charge is -2.40. The molecule has 1 aliphatic heterocycles. The van der Waals surface area contributed by atoms with Crippen LogP contribution in [-0.4, -0.2) is 52.6 Å². The summed E-state index contributed by atoms with van der Waals surface area (Å²) < 4.78 is 1.40. The number of aromatic amines is 1. The standard InChI is InChI=1S/C18H21N5O2/c1-21-7-8-22(16(13-21)14-5-3-2-4-6-14)9-10-23-12-15(11-19)17(24)20-18(23)25/h2-6,12,16H,7-10,13H2,1H3,(H,20,24,25)/t16-/m0/s1. The molecule has 7 heteroatoms. The van der Waals surface area contributed by atoms with E-state index in [1.807, 2.05) is 24.3 Å². The summed E-state index contributed by atoms with van der Waals surface area (Å²) in [6.07, 6.45) is 1.34. The molecular formula is C18H21N5O2. The van der Waals surface area contributed by atoms with Gasteiger partial charge in [0.25, 0.3) is 5.56 Å². The van der Waals surface area contributed by atoms with Crippen LogP contribution in [0.1, 0.15) is 17.2 Å². The topological polar surface area (TPSA) is 85.1 Å². The van der Waals surface area contributed by atoms with Crippen LogP contribution in [0.15, 0.2) is 46.1 Å². The van der Waals surface area contributed by atoms with E-state index < -0.39 is 11.2 Å². The monoisotopic (exact) mass is 339 g/mol. The third-order valence-corrected chi connectivity index (χ3v) is 4.64. The van der Waals surface area contributed by atoms with E-state index in [1.54, 1.807) is 0 Å². The summed E-state index contributed by atoms with van der Waals surface area (Å²) >= 11 is 0. The summed E-state index contributed by atoms with van der Waals surface area (Å²) in [6, 6.07) is 12.4. The summed E-state index contributed by atoms with van der Waals surface area (Å²) in [4.78, 5) is 30.3. The number of piperazine rings is 1. The number of aromatic nitrogens is 2. The molecule has 25 heavy (non-hydrogen) atoms. The normalized spacial score (nSPS) is 18.8. The number of nitrogens with zero attached hydrogens (tertiary/aromatic N) is 4. The van der Waals surface area contributed by atoms with E-state index in [4.69, 9.17) is 5.26 Å². The number of H-pyrrole nitrogens is 1. The van der Waals surface area contributed by atoms with Crippen molar-refractivity contribution >= 4 is 0 Å². The van der Waals surface area contributed by atoms with Crippen LogP contribution in [0.4, 0.5) is 0 Å². The highest BCUT2D eigenvalue weighted by molar-refractivity contribution is 5.22. The van der Waals surface area contributed by atoms with Gasteiger partial charge in [0, 0.05) is 45.0 Å². The third-order valence-electron chi connectivity index (χ3n) is 4.64. The molecule has 2 heterocycles. The lowest BCUT2D eigenvalue weighted by molar-refractivity contribution is 0.0862. The minimum absolute atomic E-state index is 0.0439. The molecule has 2 aromatic rings. The predicted octanol–water partition coefficient (Wildman–Crippen LogP) is 0.397. The van der Waals surface area contributed by atoms with Crippen molar-refractivity contribution in [1.82, 2.24) is 19.4 Å². The molecule has 130 valence electrons. The number of nitriles is 1. The summed E-state index contributed by atoms with van der Waals surface area (Å²) in [6.45, 7) is 3.89. The Morgan fingerprint density at radius 3 is 2.68 bits per heavy atom. The average molecular weight is 339 g/mol. The SMILES string of the molecule is CN1CCN(CCn2cc(C#N)c(=O)[nH]c2=O)[C@H](c2ccccc2)C1. The zero-order chi connectivity index (χ0) is 17.8. The van der Waals surface area contributed by atoms with Gasteiger partial charge in [-0.05, 0) is 12.6 Å². The molecule has 1 aliphatic rings. The maximum atomic E-state index is 12.0.